The number of pyridine rings is 1. The predicted molar refractivity (Wildman–Crippen MR) is 121 cm³/mol. The van der Waals surface area contributed by atoms with Crippen molar-refractivity contribution in [1.82, 2.24) is 19.8 Å². The summed E-state index contributed by atoms with van der Waals surface area (Å²) < 4.78 is 71.4. The number of carbonyl (C=O) groups is 3. The normalized spacial score (nSPS) is 20.9. The molecule has 2 aliphatic rings. The summed E-state index contributed by atoms with van der Waals surface area (Å²) in [5.74, 6) is -5.55. The van der Waals surface area contributed by atoms with Gasteiger partial charge in [-0.2, -0.15) is 26.3 Å². The van der Waals surface area contributed by atoms with Gasteiger partial charge in [0.1, 0.15) is 5.69 Å². The van der Waals surface area contributed by atoms with Crippen molar-refractivity contribution in [1.29, 1.82) is 0 Å². The summed E-state index contributed by atoms with van der Waals surface area (Å²) in [4.78, 5) is 37.0. The molecule has 4 rings (SSSR count). The number of likely N-dealkylation sites (tertiary alicyclic amines) is 1. The van der Waals surface area contributed by atoms with Crippen LogP contribution < -0.4 is 5.32 Å². The number of halogens is 6. The Morgan fingerprint density at radius 2 is 1.69 bits per heavy atom. The number of amides is 1. The van der Waals surface area contributed by atoms with Crippen molar-refractivity contribution in [3.63, 3.8) is 0 Å². The zero-order chi connectivity index (χ0) is 29.4. The Morgan fingerprint density at radius 1 is 1.08 bits per heavy atom. The molecule has 3 N–H and O–H groups in total. The minimum Gasteiger partial charge on any atom is -0.475 e. The lowest BCUT2D eigenvalue weighted by molar-refractivity contribution is -0.193. The highest BCUT2D eigenvalue weighted by molar-refractivity contribution is 5.93. The van der Waals surface area contributed by atoms with E-state index in [0.717, 1.165) is 32.5 Å². The molecule has 2 aromatic rings. The minimum atomic E-state index is -5.08. The molecule has 0 saturated carbocycles. The highest BCUT2D eigenvalue weighted by Crippen LogP contribution is 2.30. The molecule has 0 aliphatic carbocycles. The average Bonchev–Trinajstić information content (AvgIpc) is 3.43. The standard InChI is InChI=1S/C19H24N4O2.2C2HF3O2/c1-22-9-3-6-17(22)19(24)21-15-13-23(12-14-5-2-8-20-11-14)16-7-4-10-25-18(15)16;2*3-2(4,5)1(6)7/h2-3,5-6,8-9,11,15-16,18H,4,7,10,12-13H2,1H3,(H,21,24);2*(H,6,7)/t15-,16-,18-;;/m1../s1. The summed E-state index contributed by atoms with van der Waals surface area (Å²) in [6.45, 7) is 2.42. The van der Waals surface area contributed by atoms with Gasteiger partial charge in [-0.1, -0.05) is 6.07 Å². The maximum Gasteiger partial charge on any atom is 0.490 e. The second kappa shape index (κ2) is 13.4. The molecule has 0 radical (unpaired) electrons. The number of carbonyl (C=O) groups excluding carboxylic acids is 1. The van der Waals surface area contributed by atoms with Crippen LogP contribution in [0.2, 0.25) is 0 Å². The quantitative estimate of drug-likeness (QED) is 0.480. The zero-order valence-electron chi connectivity index (χ0n) is 20.4. The number of alkyl halides is 6. The molecule has 3 atom stereocenters. The Kier molecular flexibility index (Phi) is 10.9. The lowest BCUT2D eigenvalue weighted by Crippen LogP contribution is -2.47. The maximum absolute atomic E-state index is 12.6. The average molecular weight is 568 g/mol. The molecule has 0 bridgehead atoms. The lowest BCUT2D eigenvalue weighted by atomic mass is 10.0. The Balaban J connectivity index is 0.000000317. The van der Waals surface area contributed by atoms with Crippen LogP contribution in [-0.2, 0) is 27.9 Å². The van der Waals surface area contributed by atoms with Crippen LogP contribution in [0, 0.1) is 0 Å². The molecule has 16 heteroatoms. The SMILES string of the molecule is Cn1cccc1C(=O)N[C@@H]1CN(Cc2cccnc2)[C@@H]2CCCO[C@@H]21.O=C(O)C(F)(F)F.O=C(O)C(F)(F)F. The number of aliphatic carboxylic acids is 2. The van der Waals surface area contributed by atoms with Crippen LogP contribution in [0.15, 0.2) is 42.9 Å². The van der Waals surface area contributed by atoms with Crippen molar-refractivity contribution in [3.8, 4) is 0 Å². The summed E-state index contributed by atoms with van der Waals surface area (Å²) >= 11 is 0. The molecule has 216 valence electrons. The van der Waals surface area contributed by atoms with Crippen molar-refractivity contribution < 1.29 is 55.7 Å². The van der Waals surface area contributed by atoms with E-state index in [0.29, 0.717) is 11.7 Å². The summed E-state index contributed by atoms with van der Waals surface area (Å²) in [6.07, 6.45) is -2.32. The Morgan fingerprint density at radius 3 is 2.18 bits per heavy atom. The van der Waals surface area contributed by atoms with Gasteiger partial charge in [-0.3, -0.25) is 14.7 Å². The van der Waals surface area contributed by atoms with Crippen molar-refractivity contribution in [2.24, 2.45) is 7.05 Å². The van der Waals surface area contributed by atoms with E-state index in [1.807, 2.05) is 42.2 Å². The first kappa shape index (κ1) is 31.6. The molecule has 2 aromatic heterocycles. The number of carboxylic acid groups (broad SMARTS) is 2. The minimum absolute atomic E-state index is 0.0179. The first-order valence-corrected chi connectivity index (χ1v) is 11.4. The van der Waals surface area contributed by atoms with E-state index in [-0.39, 0.29) is 18.1 Å². The van der Waals surface area contributed by atoms with E-state index in [9.17, 15) is 31.1 Å². The third kappa shape index (κ3) is 9.55. The smallest absolute Gasteiger partial charge is 0.475 e. The monoisotopic (exact) mass is 568 g/mol. The number of ether oxygens (including phenoxy) is 1. The number of aryl methyl sites for hydroxylation is 1. The van der Waals surface area contributed by atoms with Crippen LogP contribution >= 0.6 is 0 Å². The van der Waals surface area contributed by atoms with E-state index in [1.54, 1.807) is 6.20 Å². The maximum atomic E-state index is 12.6. The number of rotatable bonds is 4. The van der Waals surface area contributed by atoms with Crippen molar-refractivity contribution >= 4 is 17.8 Å². The van der Waals surface area contributed by atoms with Gasteiger partial charge < -0.3 is 24.8 Å². The molecule has 0 spiro atoms. The van der Waals surface area contributed by atoms with Gasteiger partial charge in [-0.15, -0.1) is 0 Å². The molecule has 2 saturated heterocycles. The Hall–Kier alpha value is -3.66. The molecular weight excluding hydrogens is 542 g/mol. The number of nitrogens with one attached hydrogen (secondary N) is 1. The van der Waals surface area contributed by atoms with E-state index >= 15 is 0 Å². The van der Waals surface area contributed by atoms with Crippen molar-refractivity contribution in [2.75, 3.05) is 13.2 Å². The number of nitrogens with zero attached hydrogens (tertiary/aromatic N) is 3. The van der Waals surface area contributed by atoms with E-state index in [2.05, 4.69) is 21.3 Å². The topological polar surface area (TPSA) is 134 Å². The first-order valence-electron chi connectivity index (χ1n) is 11.4. The molecule has 0 unspecified atom stereocenters. The molecule has 2 aliphatic heterocycles. The van der Waals surface area contributed by atoms with Gasteiger partial charge in [0.2, 0.25) is 0 Å². The predicted octanol–water partition coefficient (Wildman–Crippen LogP) is 2.85. The van der Waals surface area contributed by atoms with Gasteiger partial charge >= 0.3 is 24.3 Å². The van der Waals surface area contributed by atoms with Gasteiger partial charge in [0.05, 0.1) is 12.1 Å². The van der Waals surface area contributed by atoms with Crippen LogP contribution in [0.3, 0.4) is 0 Å². The van der Waals surface area contributed by atoms with Gasteiger partial charge in [-0.25, -0.2) is 9.59 Å². The van der Waals surface area contributed by atoms with Crippen LogP contribution in [0.4, 0.5) is 26.3 Å². The summed E-state index contributed by atoms with van der Waals surface area (Å²) in [7, 11) is 1.89. The van der Waals surface area contributed by atoms with E-state index in [1.165, 1.54) is 5.56 Å². The fourth-order valence-electron chi connectivity index (χ4n) is 4.03. The number of hydrogen-bond acceptors (Lipinski definition) is 6. The van der Waals surface area contributed by atoms with Crippen LogP contribution in [0.5, 0.6) is 0 Å². The number of hydrogen-bond donors (Lipinski definition) is 3. The summed E-state index contributed by atoms with van der Waals surface area (Å²) in [5, 5.41) is 17.4. The number of carboxylic acids is 2. The van der Waals surface area contributed by atoms with Gasteiger partial charge in [-0.05, 0) is 36.6 Å². The third-order valence-electron chi connectivity index (χ3n) is 5.72. The molecule has 39 heavy (non-hydrogen) atoms. The van der Waals surface area contributed by atoms with Crippen molar-refractivity contribution in [3.05, 3.63) is 54.1 Å². The van der Waals surface area contributed by atoms with Gasteiger partial charge in [0, 0.05) is 51.4 Å². The molecule has 1 amide bonds. The van der Waals surface area contributed by atoms with Crippen molar-refractivity contribution in [2.45, 2.75) is 49.9 Å². The molecular formula is C23H26F6N4O6. The zero-order valence-corrected chi connectivity index (χ0v) is 20.4. The van der Waals surface area contributed by atoms with Crippen LogP contribution in [-0.4, -0.2) is 86.2 Å². The van der Waals surface area contributed by atoms with Crippen LogP contribution in [0.25, 0.3) is 0 Å². The Bertz CT molecular complexity index is 1080. The van der Waals surface area contributed by atoms with E-state index < -0.39 is 24.3 Å². The van der Waals surface area contributed by atoms with Crippen LogP contribution in [0.1, 0.15) is 28.9 Å². The lowest BCUT2D eigenvalue weighted by Gasteiger charge is -2.32. The second-order valence-electron chi connectivity index (χ2n) is 8.53. The molecule has 4 heterocycles. The van der Waals surface area contributed by atoms with Gasteiger partial charge in [0.25, 0.3) is 5.91 Å². The summed E-state index contributed by atoms with van der Waals surface area (Å²) in [6, 6.07) is 8.17. The largest absolute Gasteiger partial charge is 0.490 e. The first-order chi connectivity index (χ1) is 18.1. The third-order valence-corrected chi connectivity index (χ3v) is 5.72. The molecule has 2 fully saturated rings. The molecule has 0 aromatic carbocycles. The summed E-state index contributed by atoms with van der Waals surface area (Å²) in [5.41, 5.74) is 1.87. The second-order valence-corrected chi connectivity index (χ2v) is 8.53. The fourth-order valence-corrected chi connectivity index (χ4v) is 4.03. The fraction of sp³-hybridized carbons (Fsp3) is 0.478. The number of aromatic nitrogens is 2. The highest BCUT2D eigenvalue weighted by Gasteiger charge is 2.44. The van der Waals surface area contributed by atoms with E-state index in [4.69, 9.17) is 24.5 Å². The highest BCUT2D eigenvalue weighted by atomic mass is 19.4. The molecule has 10 nitrogen and oxygen atoms in total. The number of fused-ring (bicyclic) bond motifs is 1. The van der Waals surface area contributed by atoms with Gasteiger partial charge in [0.15, 0.2) is 0 Å². The Labute approximate surface area is 218 Å².